The smallest absolute Gasteiger partial charge is 0.397 e. The zero-order chi connectivity index (χ0) is 25.3. The molecule has 0 heterocycles. The van der Waals surface area contributed by atoms with Crippen LogP contribution in [0, 0.1) is 11.6 Å². The minimum absolute atomic E-state index is 0.0468. The number of hydrogen-bond acceptors (Lipinski definition) is 4. The van der Waals surface area contributed by atoms with E-state index in [1.54, 1.807) is 0 Å². The Morgan fingerprint density at radius 2 is 1.76 bits per heavy atom. The number of benzene rings is 2. The van der Waals surface area contributed by atoms with Gasteiger partial charge >= 0.3 is 12.1 Å². The molecule has 0 aromatic heterocycles. The molecule has 2 aromatic carbocycles. The molecular weight excluding hydrogens is 463 g/mol. The summed E-state index contributed by atoms with van der Waals surface area (Å²) in [4.78, 5) is 36.1. The predicted molar refractivity (Wildman–Crippen MR) is 110 cm³/mol. The van der Waals surface area contributed by atoms with Gasteiger partial charge in [0, 0.05) is 5.56 Å². The third-order valence-corrected chi connectivity index (χ3v) is 5.45. The van der Waals surface area contributed by atoms with Crippen molar-refractivity contribution < 1.29 is 41.1 Å². The molecule has 1 aliphatic rings. The van der Waals surface area contributed by atoms with Crippen molar-refractivity contribution in [3.05, 3.63) is 59.2 Å². The summed E-state index contributed by atoms with van der Waals surface area (Å²) >= 11 is 0. The van der Waals surface area contributed by atoms with Gasteiger partial charge in [-0.1, -0.05) is 24.3 Å². The van der Waals surface area contributed by atoms with E-state index < -0.39 is 53.6 Å². The maximum Gasteiger partial charge on any atom is 0.397 e. The number of nitrogens with one attached hydrogen (secondary N) is 2. The first-order valence-corrected chi connectivity index (χ1v) is 10.2. The Balaban J connectivity index is 1.76. The van der Waals surface area contributed by atoms with Gasteiger partial charge in [-0.2, -0.15) is 13.2 Å². The van der Waals surface area contributed by atoms with Gasteiger partial charge in [-0.15, -0.1) is 0 Å². The largest absolute Gasteiger partial charge is 0.465 e. The fourth-order valence-corrected chi connectivity index (χ4v) is 3.56. The summed E-state index contributed by atoms with van der Waals surface area (Å²) < 4.78 is 70.9. The van der Waals surface area contributed by atoms with Crippen LogP contribution in [0.15, 0.2) is 36.4 Å². The number of carbonyl (C=O) groups excluding carboxylic acids is 3. The van der Waals surface area contributed by atoms with Crippen molar-refractivity contribution in [2.24, 2.45) is 0 Å². The number of hydrogen-bond donors (Lipinski definition) is 2. The van der Waals surface area contributed by atoms with Crippen LogP contribution in [0.2, 0.25) is 0 Å². The lowest BCUT2D eigenvalue weighted by atomic mass is 9.96. The maximum atomic E-state index is 14.9. The van der Waals surface area contributed by atoms with Gasteiger partial charge in [-0.25, -0.2) is 13.6 Å². The molecule has 2 N–H and O–H groups in total. The maximum absolute atomic E-state index is 14.9. The second-order valence-electron chi connectivity index (χ2n) is 8.01. The van der Waals surface area contributed by atoms with Gasteiger partial charge in [-0.3, -0.25) is 9.59 Å². The number of carbonyl (C=O) groups is 3. The number of methoxy groups -OCH3 is 1. The van der Waals surface area contributed by atoms with Gasteiger partial charge in [0.05, 0.1) is 13.2 Å². The third-order valence-electron chi connectivity index (χ3n) is 5.45. The van der Waals surface area contributed by atoms with Crippen LogP contribution in [0.5, 0.6) is 0 Å². The van der Waals surface area contributed by atoms with E-state index in [9.17, 15) is 36.3 Å². The number of amides is 2. The number of alkyl halides is 3. The van der Waals surface area contributed by atoms with Gasteiger partial charge in [0.1, 0.15) is 29.2 Å². The normalized spacial score (nSPS) is 15.3. The second-order valence-corrected chi connectivity index (χ2v) is 8.01. The van der Waals surface area contributed by atoms with Gasteiger partial charge in [0.25, 0.3) is 0 Å². The van der Waals surface area contributed by atoms with E-state index in [0.29, 0.717) is 0 Å². The predicted octanol–water partition coefficient (Wildman–Crippen LogP) is 4.20. The van der Waals surface area contributed by atoms with Crippen molar-refractivity contribution in [2.45, 2.75) is 43.9 Å². The standard InChI is InChI=1S/C23H21F5N2O4/c1-12(29-21(33)22(8-9-22)30-18(31)11-23(26,27)28)14-7-6-13(10-17(14)25)15-4-3-5-16(24)19(15)20(32)34-2/h3-7,10,12H,8-9,11H2,1-2H3,(H,29,33)(H,30,31)/t12-/m0/s1. The molecule has 1 fully saturated rings. The fourth-order valence-electron chi connectivity index (χ4n) is 3.56. The molecule has 1 atom stereocenters. The van der Waals surface area contributed by atoms with E-state index >= 15 is 0 Å². The van der Waals surface area contributed by atoms with E-state index in [0.717, 1.165) is 19.2 Å². The Bertz CT molecular complexity index is 1130. The molecule has 2 aromatic rings. The van der Waals surface area contributed by atoms with Crippen LogP contribution in [-0.2, 0) is 14.3 Å². The lowest BCUT2D eigenvalue weighted by molar-refractivity contribution is -0.155. The second kappa shape index (κ2) is 9.40. The molecule has 1 aliphatic carbocycles. The third kappa shape index (κ3) is 5.52. The molecule has 3 rings (SSSR count). The molecule has 11 heteroatoms. The monoisotopic (exact) mass is 484 g/mol. The van der Waals surface area contributed by atoms with E-state index in [4.69, 9.17) is 0 Å². The first-order chi connectivity index (χ1) is 15.9. The summed E-state index contributed by atoms with van der Waals surface area (Å²) in [6.07, 6.45) is -6.09. The average Bonchev–Trinajstić information content (AvgIpc) is 3.51. The number of halogens is 5. The summed E-state index contributed by atoms with van der Waals surface area (Å²) in [5.74, 6) is -4.58. The first kappa shape index (κ1) is 25.1. The molecule has 0 saturated heterocycles. The van der Waals surface area contributed by atoms with Crippen molar-refractivity contribution in [1.82, 2.24) is 10.6 Å². The zero-order valence-corrected chi connectivity index (χ0v) is 18.2. The molecule has 34 heavy (non-hydrogen) atoms. The van der Waals surface area contributed by atoms with Crippen molar-refractivity contribution in [2.75, 3.05) is 7.11 Å². The molecule has 2 amide bonds. The zero-order valence-electron chi connectivity index (χ0n) is 18.2. The quantitative estimate of drug-likeness (QED) is 0.456. The number of rotatable bonds is 7. The van der Waals surface area contributed by atoms with Gasteiger partial charge in [0.15, 0.2) is 0 Å². The van der Waals surface area contributed by atoms with Gasteiger partial charge in [0.2, 0.25) is 11.8 Å². The van der Waals surface area contributed by atoms with Crippen molar-refractivity contribution in [1.29, 1.82) is 0 Å². The summed E-state index contributed by atoms with van der Waals surface area (Å²) in [6.45, 7) is 1.46. The van der Waals surface area contributed by atoms with Crippen LogP contribution in [0.25, 0.3) is 11.1 Å². The Labute approximate surface area is 191 Å². The molecular formula is C23H21F5N2O4. The van der Waals surface area contributed by atoms with E-state index in [-0.39, 0.29) is 35.1 Å². The lowest BCUT2D eigenvalue weighted by Gasteiger charge is -2.22. The van der Waals surface area contributed by atoms with Crippen LogP contribution >= 0.6 is 0 Å². The van der Waals surface area contributed by atoms with Crippen LogP contribution in [0.1, 0.15) is 48.1 Å². The fraction of sp³-hybridized carbons (Fsp3) is 0.348. The topological polar surface area (TPSA) is 84.5 Å². The first-order valence-electron chi connectivity index (χ1n) is 10.2. The molecule has 0 bridgehead atoms. The highest BCUT2D eigenvalue weighted by Crippen LogP contribution is 2.37. The van der Waals surface area contributed by atoms with Gasteiger partial charge in [-0.05, 0) is 43.0 Å². The molecule has 0 radical (unpaired) electrons. The van der Waals surface area contributed by atoms with Crippen LogP contribution in [0.4, 0.5) is 22.0 Å². The summed E-state index contributed by atoms with van der Waals surface area (Å²) in [6, 6.07) is 6.79. The summed E-state index contributed by atoms with van der Waals surface area (Å²) in [5, 5.41) is 4.62. The minimum Gasteiger partial charge on any atom is -0.465 e. The molecule has 0 aliphatic heterocycles. The van der Waals surface area contributed by atoms with Crippen molar-refractivity contribution in [3.8, 4) is 11.1 Å². The molecule has 182 valence electrons. The van der Waals surface area contributed by atoms with E-state index in [1.807, 2.05) is 0 Å². The van der Waals surface area contributed by atoms with Crippen LogP contribution < -0.4 is 10.6 Å². The Hall–Kier alpha value is -3.50. The highest BCUT2D eigenvalue weighted by Gasteiger charge is 2.52. The highest BCUT2D eigenvalue weighted by molar-refractivity contribution is 5.97. The summed E-state index contributed by atoms with van der Waals surface area (Å²) in [5.41, 5.74) is -1.46. The molecule has 6 nitrogen and oxygen atoms in total. The van der Waals surface area contributed by atoms with E-state index in [2.05, 4.69) is 15.4 Å². The summed E-state index contributed by atoms with van der Waals surface area (Å²) in [7, 11) is 1.09. The van der Waals surface area contributed by atoms with Crippen molar-refractivity contribution in [3.63, 3.8) is 0 Å². The lowest BCUT2D eigenvalue weighted by Crippen LogP contribution is -2.50. The Kier molecular flexibility index (Phi) is 6.94. The highest BCUT2D eigenvalue weighted by atomic mass is 19.4. The van der Waals surface area contributed by atoms with Crippen molar-refractivity contribution >= 4 is 17.8 Å². The Morgan fingerprint density at radius 3 is 2.32 bits per heavy atom. The van der Waals surface area contributed by atoms with E-state index in [1.165, 1.54) is 31.2 Å². The number of esters is 1. The SMILES string of the molecule is COC(=O)c1c(F)cccc1-c1ccc([C@H](C)NC(=O)C2(NC(=O)CC(F)(F)F)CC2)c(F)c1. The minimum atomic E-state index is -4.70. The number of ether oxygens (including phenoxy) is 1. The average molecular weight is 484 g/mol. The van der Waals surface area contributed by atoms with Crippen LogP contribution in [0.3, 0.4) is 0 Å². The Morgan fingerprint density at radius 1 is 1.09 bits per heavy atom. The molecule has 0 unspecified atom stereocenters. The molecule has 0 spiro atoms. The molecule has 1 saturated carbocycles. The van der Waals surface area contributed by atoms with Gasteiger partial charge < -0.3 is 15.4 Å². The van der Waals surface area contributed by atoms with Crippen LogP contribution in [-0.4, -0.2) is 36.6 Å².